The molecule has 108 valence electrons. The number of nitrogen functional groups attached to an aromatic ring is 1. The van der Waals surface area contributed by atoms with Crippen LogP contribution in [0.2, 0.25) is 0 Å². The van der Waals surface area contributed by atoms with Crippen molar-refractivity contribution in [3.8, 4) is 0 Å². The van der Waals surface area contributed by atoms with Crippen LogP contribution < -0.4 is 16.0 Å². The maximum atomic E-state index is 13.5. The van der Waals surface area contributed by atoms with Crippen molar-refractivity contribution in [2.24, 2.45) is 0 Å². The van der Waals surface area contributed by atoms with Crippen molar-refractivity contribution < 1.29 is 19.1 Å². The fourth-order valence-electron chi connectivity index (χ4n) is 2.35. The van der Waals surface area contributed by atoms with Crippen molar-refractivity contribution in [3.63, 3.8) is 0 Å². The van der Waals surface area contributed by atoms with Gasteiger partial charge in [0.1, 0.15) is 16.9 Å². The average Bonchev–Trinajstić information content (AvgIpc) is 2.35. The molecule has 0 aliphatic carbocycles. The van der Waals surface area contributed by atoms with Gasteiger partial charge in [-0.1, -0.05) is 0 Å². The monoisotopic (exact) mass is 281 g/mol. The summed E-state index contributed by atoms with van der Waals surface area (Å²) in [6.07, 6.45) is 0. The number of carbonyl (C=O) groups is 2. The zero-order chi connectivity index (χ0) is 15.1. The molecule has 0 atom stereocenters. The van der Waals surface area contributed by atoms with Gasteiger partial charge in [-0.3, -0.25) is 4.79 Å². The Hall–Kier alpha value is -2.31. The highest BCUT2D eigenvalue weighted by Crippen LogP contribution is 2.33. The molecular weight excluding hydrogens is 265 g/mol. The summed E-state index contributed by atoms with van der Waals surface area (Å²) in [5.41, 5.74) is 4.11. The van der Waals surface area contributed by atoms with Gasteiger partial charge < -0.3 is 21.1 Å². The quantitative estimate of drug-likeness (QED) is 0.698. The molecule has 0 saturated carbocycles. The largest absolute Gasteiger partial charge is 0.478 e. The third-order valence-corrected chi connectivity index (χ3v) is 3.53. The predicted octanol–water partition coefficient (Wildman–Crippen LogP) is 0.821. The molecular formula is C13H16FN3O3. The van der Waals surface area contributed by atoms with Crippen molar-refractivity contribution in [3.05, 3.63) is 23.5 Å². The van der Waals surface area contributed by atoms with Gasteiger partial charge in [0, 0.05) is 13.1 Å². The number of carboxylic acid groups (broad SMARTS) is 1. The molecule has 1 aliphatic heterocycles. The van der Waals surface area contributed by atoms with E-state index in [0.717, 1.165) is 6.07 Å². The molecule has 0 unspecified atom stereocenters. The van der Waals surface area contributed by atoms with Crippen LogP contribution in [0.1, 0.15) is 24.2 Å². The lowest BCUT2D eigenvalue weighted by molar-refractivity contribution is -0.126. The number of nitrogens with two attached hydrogens (primary N) is 1. The topological polar surface area (TPSA) is 95.7 Å². The first-order valence-corrected chi connectivity index (χ1v) is 6.14. The minimum absolute atomic E-state index is 0.219. The first kappa shape index (κ1) is 14.1. The maximum Gasteiger partial charge on any atom is 0.340 e. The van der Waals surface area contributed by atoms with E-state index in [9.17, 15) is 19.1 Å². The normalized spacial score (nSPS) is 17.8. The number of amides is 1. The average molecular weight is 281 g/mol. The zero-order valence-electron chi connectivity index (χ0n) is 11.2. The molecule has 4 N–H and O–H groups in total. The zero-order valence-corrected chi connectivity index (χ0v) is 11.2. The van der Waals surface area contributed by atoms with E-state index in [1.165, 1.54) is 6.07 Å². The Morgan fingerprint density at radius 3 is 2.75 bits per heavy atom. The van der Waals surface area contributed by atoms with Crippen LogP contribution in [0.4, 0.5) is 15.8 Å². The van der Waals surface area contributed by atoms with Gasteiger partial charge >= 0.3 is 5.97 Å². The molecule has 7 heteroatoms. The maximum absolute atomic E-state index is 13.5. The van der Waals surface area contributed by atoms with Crippen LogP contribution in [-0.2, 0) is 4.79 Å². The van der Waals surface area contributed by atoms with Crippen LogP contribution in [-0.4, -0.2) is 35.6 Å². The van der Waals surface area contributed by atoms with E-state index in [4.69, 9.17) is 5.73 Å². The van der Waals surface area contributed by atoms with Crippen molar-refractivity contribution in [1.29, 1.82) is 0 Å². The van der Waals surface area contributed by atoms with Gasteiger partial charge in [0.25, 0.3) is 0 Å². The third-order valence-electron chi connectivity index (χ3n) is 3.53. The lowest BCUT2D eigenvalue weighted by Gasteiger charge is -2.43. The summed E-state index contributed by atoms with van der Waals surface area (Å²) >= 11 is 0. The van der Waals surface area contributed by atoms with Gasteiger partial charge in [-0.2, -0.15) is 0 Å². The summed E-state index contributed by atoms with van der Waals surface area (Å²) < 4.78 is 13.5. The van der Waals surface area contributed by atoms with Crippen LogP contribution >= 0.6 is 0 Å². The van der Waals surface area contributed by atoms with Crippen molar-refractivity contribution >= 4 is 23.3 Å². The highest BCUT2D eigenvalue weighted by molar-refractivity contribution is 6.02. The third kappa shape index (κ3) is 2.04. The Kier molecular flexibility index (Phi) is 3.29. The Balaban J connectivity index is 2.60. The summed E-state index contributed by atoms with van der Waals surface area (Å²) in [4.78, 5) is 24.9. The Bertz CT molecular complexity index is 586. The molecule has 1 heterocycles. The molecule has 0 radical (unpaired) electrons. The Morgan fingerprint density at radius 1 is 1.50 bits per heavy atom. The number of piperazine rings is 1. The lowest BCUT2D eigenvalue weighted by atomic mass is 9.96. The number of hydrogen-bond donors (Lipinski definition) is 3. The summed E-state index contributed by atoms with van der Waals surface area (Å²) in [5.74, 6) is -2.33. The van der Waals surface area contributed by atoms with Crippen LogP contribution in [0.3, 0.4) is 0 Å². The van der Waals surface area contributed by atoms with Gasteiger partial charge in [0.15, 0.2) is 0 Å². The van der Waals surface area contributed by atoms with Crippen LogP contribution in [0.5, 0.6) is 0 Å². The Labute approximate surface area is 115 Å². The SMILES string of the molecule is CC1(C)C(=O)NCCN1c1ccc(F)c(N)c1C(=O)O. The van der Waals surface area contributed by atoms with Crippen molar-refractivity contribution in [2.75, 3.05) is 23.7 Å². The minimum atomic E-state index is -1.32. The molecule has 0 spiro atoms. The van der Waals surface area contributed by atoms with E-state index in [2.05, 4.69) is 5.32 Å². The van der Waals surface area contributed by atoms with Crippen molar-refractivity contribution in [1.82, 2.24) is 5.32 Å². The molecule has 1 aliphatic rings. The van der Waals surface area contributed by atoms with E-state index in [1.807, 2.05) is 0 Å². The van der Waals surface area contributed by atoms with Gasteiger partial charge in [0.2, 0.25) is 5.91 Å². The molecule has 1 saturated heterocycles. The number of anilines is 2. The molecule has 2 rings (SSSR count). The van der Waals surface area contributed by atoms with E-state index < -0.39 is 23.0 Å². The number of carboxylic acids is 1. The van der Waals surface area contributed by atoms with E-state index in [1.54, 1.807) is 18.7 Å². The number of benzene rings is 1. The first-order valence-electron chi connectivity index (χ1n) is 6.14. The number of nitrogens with one attached hydrogen (secondary N) is 1. The smallest absolute Gasteiger partial charge is 0.340 e. The number of rotatable bonds is 2. The fraction of sp³-hybridized carbons (Fsp3) is 0.385. The Morgan fingerprint density at radius 2 is 2.15 bits per heavy atom. The van der Waals surface area contributed by atoms with E-state index >= 15 is 0 Å². The number of halogens is 1. The van der Waals surface area contributed by atoms with Gasteiger partial charge in [-0.05, 0) is 26.0 Å². The number of nitrogens with zero attached hydrogens (tertiary/aromatic N) is 1. The summed E-state index contributed by atoms with van der Waals surface area (Å²) in [5, 5.41) is 12.0. The first-order chi connectivity index (χ1) is 9.26. The van der Waals surface area contributed by atoms with Crippen LogP contribution in [0.25, 0.3) is 0 Å². The van der Waals surface area contributed by atoms with E-state index in [0.29, 0.717) is 13.1 Å². The highest BCUT2D eigenvalue weighted by atomic mass is 19.1. The molecule has 6 nitrogen and oxygen atoms in total. The molecule has 0 bridgehead atoms. The minimum Gasteiger partial charge on any atom is -0.478 e. The number of carbonyl (C=O) groups excluding carboxylic acids is 1. The summed E-state index contributed by atoms with van der Waals surface area (Å²) in [7, 11) is 0. The second-order valence-electron chi connectivity index (χ2n) is 5.13. The fourth-order valence-corrected chi connectivity index (χ4v) is 2.35. The summed E-state index contributed by atoms with van der Waals surface area (Å²) in [6, 6.07) is 2.45. The molecule has 1 aromatic rings. The van der Waals surface area contributed by atoms with Gasteiger partial charge in [-0.15, -0.1) is 0 Å². The molecule has 1 amide bonds. The van der Waals surface area contributed by atoms with Crippen LogP contribution in [0, 0.1) is 5.82 Å². The van der Waals surface area contributed by atoms with Gasteiger partial charge in [0.05, 0.1) is 11.4 Å². The molecule has 0 aromatic heterocycles. The second kappa shape index (κ2) is 4.66. The molecule has 1 fully saturated rings. The number of hydrogen-bond acceptors (Lipinski definition) is 4. The standard InChI is InChI=1S/C13H16FN3O3/c1-13(2)12(20)16-5-6-17(13)8-4-3-7(14)10(15)9(8)11(18)19/h3-4H,5-6,15H2,1-2H3,(H,16,20)(H,18,19). The predicted molar refractivity (Wildman–Crippen MR) is 72.2 cm³/mol. The van der Waals surface area contributed by atoms with E-state index in [-0.39, 0.29) is 17.2 Å². The lowest BCUT2D eigenvalue weighted by Crippen LogP contribution is -2.62. The molecule has 1 aromatic carbocycles. The van der Waals surface area contributed by atoms with Gasteiger partial charge in [-0.25, -0.2) is 9.18 Å². The molecule has 20 heavy (non-hydrogen) atoms. The highest BCUT2D eigenvalue weighted by Gasteiger charge is 2.39. The summed E-state index contributed by atoms with van der Waals surface area (Å²) in [6.45, 7) is 4.15. The van der Waals surface area contributed by atoms with Crippen LogP contribution in [0.15, 0.2) is 12.1 Å². The second-order valence-corrected chi connectivity index (χ2v) is 5.13. The van der Waals surface area contributed by atoms with Crippen molar-refractivity contribution in [2.45, 2.75) is 19.4 Å². The number of aromatic carboxylic acids is 1.